The molecule has 2 aromatic rings. The molecule has 2 nitrogen and oxygen atoms in total. The third kappa shape index (κ3) is 2.15. The van der Waals surface area contributed by atoms with Crippen LogP contribution in [0.25, 0.3) is 10.9 Å². The van der Waals surface area contributed by atoms with E-state index in [4.69, 9.17) is 0 Å². The molecule has 1 heterocycles. The summed E-state index contributed by atoms with van der Waals surface area (Å²) in [7, 11) is 0. The first-order valence-corrected chi connectivity index (χ1v) is 6.36. The molecule has 1 N–H and O–H groups in total. The average molecular weight is 282 g/mol. The van der Waals surface area contributed by atoms with E-state index in [1.807, 2.05) is 6.92 Å². The quantitative estimate of drug-likeness (QED) is 0.917. The van der Waals surface area contributed by atoms with Crippen molar-refractivity contribution in [3.63, 3.8) is 0 Å². The van der Waals surface area contributed by atoms with Crippen molar-refractivity contribution in [1.82, 2.24) is 4.57 Å². The highest BCUT2D eigenvalue weighted by molar-refractivity contribution is 9.10. The summed E-state index contributed by atoms with van der Waals surface area (Å²) in [6.07, 6.45) is 2.55. The van der Waals surface area contributed by atoms with Crippen LogP contribution in [0.15, 0.2) is 28.9 Å². The summed E-state index contributed by atoms with van der Waals surface area (Å²) in [5.41, 5.74) is 2.45. The topological polar surface area (TPSA) is 25.2 Å². The lowest BCUT2D eigenvalue weighted by molar-refractivity contribution is 0.196. The van der Waals surface area contributed by atoms with Crippen molar-refractivity contribution in [2.45, 2.75) is 32.9 Å². The average Bonchev–Trinajstić information content (AvgIpc) is 2.55. The lowest BCUT2D eigenvalue weighted by Gasteiger charge is -2.02. The number of hydrogen-bond acceptors (Lipinski definition) is 1. The number of aryl methyl sites for hydroxylation is 1. The molecule has 86 valence electrons. The van der Waals surface area contributed by atoms with E-state index in [9.17, 15) is 5.11 Å². The first kappa shape index (κ1) is 11.7. The fraction of sp³-hybridized carbons (Fsp3) is 0.385. The molecule has 0 fully saturated rings. The minimum Gasteiger partial charge on any atom is -0.393 e. The highest BCUT2D eigenvalue weighted by Gasteiger charge is 2.09. The van der Waals surface area contributed by atoms with Gasteiger partial charge in [-0.1, -0.05) is 15.9 Å². The third-order valence-corrected chi connectivity index (χ3v) is 3.27. The van der Waals surface area contributed by atoms with Crippen LogP contribution in [0.2, 0.25) is 0 Å². The van der Waals surface area contributed by atoms with Gasteiger partial charge in [0.05, 0.1) is 6.10 Å². The number of halogens is 1. The Kier molecular flexibility index (Phi) is 3.36. The molecule has 0 saturated heterocycles. The van der Waals surface area contributed by atoms with Gasteiger partial charge in [0.15, 0.2) is 0 Å². The summed E-state index contributed by atoms with van der Waals surface area (Å²) in [5.74, 6) is 0. The molecule has 1 atom stereocenters. The van der Waals surface area contributed by atoms with E-state index in [0.717, 1.165) is 11.0 Å². The second-order valence-electron chi connectivity index (χ2n) is 4.15. The van der Waals surface area contributed by atoms with Crippen LogP contribution in [-0.2, 0) is 13.0 Å². The van der Waals surface area contributed by atoms with Crippen molar-refractivity contribution in [2.75, 3.05) is 0 Å². The number of hydrogen-bond donors (Lipinski definition) is 1. The van der Waals surface area contributed by atoms with Crippen LogP contribution in [0.1, 0.15) is 19.4 Å². The Hall–Kier alpha value is -0.800. The van der Waals surface area contributed by atoms with Crippen LogP contribution in [0, 0.1) is 0 Å². The fourth-order valence-electron chi connectivity index (χ4n) is 2.09. The molecule has 0 amide bonds. The predicted molar refractivity (Wildman–Crippen MR) is 70.7 cm³/mol. The van der Waals surface area contributed by atoms with E-state index >= 15 is 0 Å². The molecule has 0 bridgehead atoms. The molecule has 0 saturated carbocycles. The summed E-state index contributed by atoms with van der Waals surface area (Å²) in [6, 6.07) is 6.30. The van der Waals surface area contributed by atoms with Crippen LogP contribution in [0.3, 0.4) is 0 Å². The second kappa shape index (κ2) is 4.60. The minimum atomic E-state index is -0.296. The maximum Gasteiger partial charge on any atom is 0.0553 e. The Morgan fingerprint density at radius 2 is 2.19 bits per heavy atom. The van der Waals surface area contributed by atoms with Gasteiger partial charge < -0.3 is 9.67 Å². The SMILES string of the molecule is CCn1cc(CC(C)O)c2cc(Br)ccc21. The molecule has 2 rings (SSSR count). The van der Waals surface area contributed by atoms with Crippen LogP contribution in [0.5, 0.6) is 0 Å². The molecule has 0 aliphatic rings. The van der Waals surface area contributed by atoms with Crippen molar-refractivity contribution in [3.05, 3.63) is 34.4 Å². The largest absolute Gasteiger partial charge is 0.393 e. The number of rotatable bonds is 3. The molecule has 0 aliphatic carbocycles. The van der Waals surface area contributed by atoms with Crippen LogP contribution in [-0.4, -0.2) is 15.8 Å². The lowest BCUT2D eigenvalue weighted by atomic mass is 10.1. The van der Waals surface area contributed by atoms with Crippen molar-refractivity contribution in [1.29, 1.82) is 0 Å². The molecule has 1 aromatic heterocycles. The summed E-state index contributed by atoms with van der Waals surface area (Å²) in [5, 5.41) is 10.7. The first-order chi connectivity index (χ1) is 7.61. The molecule has 3 heteroatoms. The molecule has 1 aromatic carbocycles. The predicted octanol–water partition coefficient (Wildman–Crippen LogP) is 3.35. The Morgan fingerprint density at radius 1 is 1.44 bits per heavy atom. The van der Waals surface area contributed by atoms with Gasteiger partial charge in [0.1, 0.15) is 0 Å². The normalized spacial score (nSPS) is 13.2. The summed E-state index contributed by atoms with van der Waals surface area (Å²) in [6.45, 7) is 4.92. The van der Waals surface area contributed by atoms with Crippen LogP contribution >= 0.6 is 15.9 Å². The van der Waals surface area contributed by atoms with E-state index < -0.39 is 0 Å². The minimum absolute atomic E-state index is 0.296. The van der Waals surface area contributed by atoms with Gasteiger partial charge in [-0.3, -0.25) is 0 Å². The number of fused-ring (bicyclic) bond motifs is 1. The van der Waals surface area contributed by atoms with Crippen LogP contribution < -0.4 is 0 Å². The Morgan fingerprint density at radius 3 is 2.81 bits per heavy atom. The lowest BCUT2D eigenvalue weighted by Crippen LogP contribution is -2.03. The van der Waals surface area contributed by atoms with E-state index in [2.05, 4.69) is 51.8 Å². The number of aromatic nitrogens is 1. The molecule has 1 unspecified atom stereocenters. The summed E-state index contributed by atoms with van der Waals surface area (Å²) < 4.78 is 3.31. The highest BCUT2D eigenvalue weighted by atomic mass is 79.9. The fourth-order valence-corrected chi connectivity index (χ4v) is 2.45. The number of aliphatic hydroxyl groups excluding tert-OH is 1. The smallest absolute Gasteiger partial charge is 0.0553 e. The van der Waals surface area contributed by atoms with Gasteiger partial charge in [-0.25, -0.2) is 0 Å². The van der Waals surface area contributed by atoms with Gasteiger partial charge in [0, 0.05) is 34.5 Å². The number of benzene rings is 1. The van der Waals surface area contributed by atoms with Gasteiger partial charge in [0.25, 0.3) is 0 Å². The molecular formula is C13H16BrNO. The summed E-state index contributed by atoms with van der Waals surface area (Å²) in [4.78, 5) is 0. The highest BCUT2D eigenvalue weighted by Crippen LogP contribution is 2.26. The van der Waals surface area contributed by atoms with Crippen molar-refractivity contribution < 1.29 is 5.11 Å². The second-order valence-corrected chi connectivity index (χ2v) is 5.07. The van der Waals surface area contributed by atoms with Gasteiger partial charge in [0.2, 0.25) is 0 Å². The van der Waals surface area contributed by atoms with E-state index in [-0.39, 0.29) is 6.10 Å². The Balaban J connectivity index is 2.59. The van der Waals surface area contributed by atoms with Gasteiger partial charge in [-0.05, 0) is 37.6 Å². The maximum atomic E-state index is 9.50. The number of nitrogens with zero attached hydrogens (tertiary/aromatic N) is 1. The molecule has 16 heavy (non-hydrogen) atoms. The molecular weight excluding hydrogens is 266 g/mol. The van der Waals surface area contributed by atoms with Gasteiger partial charge >= 0.3 is 0 Å². The van der Waals surface area contributed by atoms with Gasteiger partial charge in [-0.2, -0.15) is 0 Å². The Bertz CT molecular complexity index is 502. The van der Waals surface area contributed by atoms with Crippen molar-refractivity contribution in [2.24, 2.45) is 0 Å². The zero-order valence-corrected chi connectivity index (χ0v) is 11.2. The van der Waals surface area contributed by atoms with Crippen molar-refractivity contribution in [3.8, 4) is 0 Å². The van der Waals surface area contributed by atoms with E-state index in [1.165, 1.54) is 16.5 Å². The zero-order valence-electron chi connectivity index (χ0n) is 9.57. The molecule has 0 aliphatic heterocycles. The molecule has 0 radical (unpaired) electrons. The summed E-state index contributed by atoms with van der Waals surface area (Å²) >= 11 is 3.49. The third-order valence-electron chi connectivity index (χ3n) is 2.78. The van der Waals surface area contributed by atoms with E-state index in [0.29, 0.717) is 6.42 Å². The monoisotopic (exact) mass is 281 g/mol. The number of aliphatic hydroxyl groups is 1. The van der Waals surface area contributed by atoms with Gasteiger partial charge in [-0.15, -0.1) is 0 Å². The maximum absolute atomic E-state index is 9.50. The zero-order chi connectivity index (χ0) is 11.7. The van der Waals surface area contributed by atoms with Crippen LogP contribution in [0.4, 0.5) is 0 Å². The first-order valence-electron chi connectivity index (χ1n) is 5.57. The van der Waals surface area contributed by atoms with E-state index in [1.54, 1.807) is 0 Å². The van der Waals surface area contributed by atoms with Crippen molar-refractivity contribution >= 4 is 26.8 Å². The Labute approximate surface area is 104 Å². The standard InChI is InChI=1S/C13H16BrNO/c1-3-15-8-10(6-9(2)16)12-7-11(14)4-5-13(12)15/h4-5,7-9,16H,3,6H2,1-2H3. The molecule has 0 spiro atoms.